The highest BCUT2D eigenvalue weighted by Crippen LogP contribution is 2.16. The molecule has 0 atom stereocenters. The number of hydrogen-bond acceptors (Lipinski definition) is 4. The molecule has 0 aromatic carbocycles. The van der Waals surface area contributed by atoms with Crippen LogP contribution in [0.15, 0.2) is 16.5 Å². The summed E-state index contributed by atoms with van der Waals surface area (Å²) in [4.78, 5) is 11.3. The van der Waals surface area contributed by atoms with Gasteiger partial charge in [-0.05, 0) is 38.0 Å². The first-order chi connectivity index (χ1) is 9.06. The molecule has 0 aliphatic carbocycles. The molecule has 0 aliphatic heterocycles. The molecule has 0 fully saturated rings. The zero-order chi connectivity index (χ0) is 14.0. The van der Waals surface area contributed by atoms with Crippen LogP contribution in [0.1, 0.15) is 40.2 Å². The summed E-state index contributed by atoms with van der Waals surface area (Å²) in [5.41, 5.74) is 5.45. The van der Waals surface area contributed by atoms with E-state index in [4.69, 9.17) is 10.3 Å². The minimum absolute atomic E-state index is 0.203. The van der Waals surface area contributed by atoms with Crippen LogP contribution in [0.4, 0.5) is 0 Å². The van der Waals surface area contributed by atoms with E-state index in [2.05, 4.69) is 12.0 Å². The Morgan fingerprint density at radius 1 is 1.47 bits per heavy atom. The van der Waals surface area contributed by atoms with Crippen LogP contribution in [0.25, 0.3) is 0 Å². The summed E-state index contributed by atoms with van der Waals surface area (Å²) in [7, 11) is 0. The van der Waals surface area contributed by atoms with Crippen LogP contribution in [0.5, 0.6) is 0 Å². The average Bonchev–Trinajstić information content (AvgIpc) is 2.95. The van der Waals surface area contributed by atoms with E-state index >= 15 is 0 Å². The first kappa shape index (κ1) is 13.4. The average molecular weight is 262 g/mol. The van der Waals surface area contributed by atoms with Gasteiger partial charge in [0.05, 0.1) is 12.2 Å². The van der Waals surface area contributed by atoms with Gasteiger partial charge in [-0.3, -0.25) is 14.9 Å². The van der Waals surface area contributed by atoms with Crippen molar-refractivity contribution >= 4 is 5.91 Å². The Bertz CT molecular complexity index is 598. The highest BCUT2D eigenvalue weighted by Gasteiger charge is 2.13. The summed E-state index contributed by atoms with van der Waals surface area (Å²) in [5, 5.41) is 4.48. The number of hydrazine groups is 1. The number of furan rings is 1. The van der Waals surface area contributed by atoms with E-state index < -0.39 is 5.91 Å². The van der Waals surface area contributed by atoms with Gasteiger partial charge in [-0.15, -0.1) is 0 Å². The molecule has 0 unspecified atom stereocenters. The second-order valence-corrected chi connectivity index (χ2v) is 4.40. The maximum atomic E-state index is 11.3. The number of nitrogens with two attached hydrogens (primary N) is 1. The molecule has 2 rings (SSSR count). The molecule has 0 spiro atoms. The minimum atomic E-state index is -0.436. The number of nitrogen functional groups attached to an aromatic ring is 1. The topological polar surface area (TPSA) is 86.1 Å². The Morgan fingerprint density at radius 2 is 2.21 bits per heavy atom. The van der Waals surface area contributed by atoms with Gasteiger partial charge in [0, 0.05) is 5.69 Å². The molecule has 2 aromatic heterocycles. The van der Waals surface area contributed by atoms with Crippen molar-refractivity contribution in [2.75, 3.05) is 0 Å². The van der Waals surface area contributed by atoms with Crippen LogP contribution in [-0.4, -0.2) is 15.7 Å². The second kappa shape index (κ2) is 5.27. The summed E-state index contributed by atoms with van der Waals surface area (Å²) in [6, 6.07) is 3.36. The minimum Gasteiger partial charge on any atom is -0.454 e. The normalized spacial score (nSPS) is 10.7. The maximum Gasteiger partial charge on any atom is 0.300 e. The number of carbonyl (C=O) groups excluding carboxylic acids is 1. The van der Waals surface area contributed by atoms with Crippen LogP contribution in [0, 0.1) is 13.8 Å². The zero-order valence-corrected chi connectivity index (χ0v) is 11.4. The van der Waals surface area contributed by atoms with Gasteiger partial charge in [-0.25, -0.2) is 5.84 Å². The molecule has 19 heavy (non-hydrogen) atoms. The van der Waals surface area contributed by atoms with Gasteiger partial charge in [-0.1, -0.05) is 6.92 Å². The third kappa shape index (κ3) is 2.53. The number of aryl methyl sites for hydroxylation is 1. The molecule has 0 saturated heterocycles. The summed E-state index contributed by atoms with van der Waals surface area (Å²) < 4.78 is 7.31. The molecule has 2 aromatic rings. The Hall–Kier alpha value is -2.08. The smallest absolute Gasteiger partial charge is 0.300 e. The number of amides is 1. The number of nitrogens with one attached hydrogen (secondary N) is 1. The van der Waals surface area contributed by atoms with Crippen molar-refractivity contribution in [2.45, 2.75) is 33.7 Å². The van der Waals surface area contributed by atoms with Gasteiger partial charge in [0.25, 0.3) is 0 Å². The Labute approximate surface area is 111 Å². The van der Waals surface area contributed by atoms with Crippen molar-refractivity contribution in [1.82, 2.24) is 15.2 Å². The Kier molecular flexibility index (Phi) is 3.71. The van der Waals surface area contributed by atoms with Gasteiger partial charge in [0.15, 0.2) is 5.76 Å². The van der Waals surface area contributed by atoms with Gasteiger partial charge in [0.1, 0.15) is 5.76 Å². The lowest BCUT2D eigenvalue weighted by molar-refractivity contribution is 0.0924. The lowest BCUT2D eigenvalue weighted by atomic mass is 10.1. The van der Waals surface area contributed by atoms with Crippen molar-refractivity contribution in [3.05, 3.63) is 40.6 Å². The van der Waals surface area contributed by atoms with Crippen molar-refractivity contribution in [3.63, 3.8) is 0 Å². The predicted molar refractivity (Wildman–Crippen MR) is 70.5 cm³/mol. The monoisotopic (exact) mass is 262 g/mol. The fourth-order valence-electron chi connectivity index (χ4n) is 2.20. The van der Waals surface area contributed by atoms with E-state index in [1.807, 2.05) is 24.0 Å². The summed E-state index contributed by atoms with van der Waals surface area (Å²) in [6.45, 7) is 6.65. The summed E-state index contributed by atoms with van der Waals surface area (Å²) in [6.07, 6.45) is 0.955. The molecule has 0 bridgehead atoms. The van der Waals surface area contributed by atoms with E-state index in [0.29, 0.717) is 12.3 Å². The van der Waals surface area contributed by atoms with E-state index in [0.717, 1.165) is 17.8 Å². The van der Waals surface area contributed by atoms with Crippen molar-refractivity contribution in [2.24, 2.45) is 5.84 Å². The van der Waals surface area contributed by atoms with Crippen LogP contribution < -0.4 is 11.3 Å². The summed E-state index contributed by atoms with van der Waals surface area (Å²) in [5.74, 6) is 5.49. The van der Waals surface area contributed by atoms with Crippen LogP contribution in [-0.2, 0) is 13.0 Å². The van der Waals surface area contributed by atoms with E-state index in [9.17, 15) is 4.79 Å². The predicted octanol–water partition coefficient (Wildman–Crippen LogP) is 1.31. The van der Waals surface area contributed by atoms with Crippen molar-refractivity contribution in [3.8, 4) is 0 Å². The van der Waals surface area contributed by atoms with E-state index in [-0.39, 0.29) is 5.76 Å². The molecule has 3 N–H and O–H groups in total. The van der Waals surface area contributed by atoms with Gasteiger partial charge >= 0.3 is 5.91 Å². The van der Waals surface area contributed by atoms with Gasteiger partial charge in [0.2, 0.25) is 0 Å². The van der Waals surface area contributed by atoms with Crippen LogP contribution in [0.3, 0.4) is 0 Å². The van der Waals surface area contributed by atoms with Crippen molar-refractivity contribution < 1.29 is 9.21 Å². The molecule has 1 amide bonds. The molecule has 0 aliphatic rings. The van der Waals surface area contributed by atoms with Crippen molar-refractivity contribution in [1.29, 1.82) is 0 Å². The number of nitrogens with zero attached hydrogens (tertiary/aromatic N) is 2. The highest BCUT2D eigenvalue weighted by atomic mass is 16.4. The molecular weight excluding hydrogens is 244 g/mol. The van der Waals surface area contributed by atoms with Crippen LogP contribution in [0.2, 0.25) is 0 Å². The molecule has 0 radical (unpaired) electrons. The molecular formula is C13H18N4O2. The lowest BCUT2D eigenvalue weighted by Gasteiger charge is -2.02. The van der Waals surface area contributed by atoms with Gasteiger partial charge in [-0.2, -0.15) is 5.10 Å². The SMILES string of the molecule is CCc1c(C)nn(Cc2ccc(C(=O)NN)o2)c1C. The van der Waals surface area contributed by atoms with E-state index in [1.165, 1.54) is 5.56 Å². The fourth-order valence-corrected chi connectivity index (χ4v) is 2.20. The van der Waals surface area contributed by atoms with E-state index in [1.54, 1.807) is 12.1 Å². The number of carbonyl (C=O) groups is 1. The maximum absolute atomic E-state index is 11.3. The lowest BCUT2D eigenvalue weighted by Crippen LogP contribution is -2.29. The Balaban J connectivity index is 2.22. The molecule has 0 saturated carbocycles. The molecule has 2 heterocycles. The third-order valence-electron chi connectivity index (χ3n) is 3.21. The first-order valence-corrected chi connectivity index (χ1v) is 6.19. The highest BCUT2D eigenvalue weighted by molar-refractivity contribution is 5.90. The molecule has 6 nitrogen and oxygen atoms in total. The largest absolute Gasteiger partial charge is 0.454 e. The Morgan fingerprint density at radius 3 is 2.79 bits per heavy atom. The third-order valence-corrected chi connectivity index (χ3v) is 3.21. The van der Waals surface area contributed by atoms with Crippen LogP contribution >= 0.6 is 0 Å². The summed E-state index contributed by atoms with van der Waals surface area (Å²) >= 11 is 0. The second-order valence-electron chi connectivity index (χ2n) is 4.40. The first-order valence-electron chi connectivity index (χ1n) is 6.19. The number of rotatable bonds is 4. The molecule has 102 valence electrons. The zero-order valence-electron chi connectivity index (χ0n) is 11.4. The fraction of sp³-hybridized carbons (Fsp3) is 0.385. The van der Waals surface area contributed by atoms with Gasteiger partial charge < -0.3 is 4.42 Å². The standard InChI is InChI=1S/C13H18N4O2/c1-4-11-8(2)16-17(9(11)3)7-10-5-6-12(19-10)13(18)15-14/h5-6H,4,7,14H2,1-3H3,(H,15,18). The number of aromatic nitrogens is 2. The quantitative estimate of drug-likeness (QED) is 0.494. The number of hydrogen-bond donors (Lipinski definition) is 2. The molecule has 6 heteroatoms.